The molecule has 2 aliphatic heterocycles. The van der Waals surface area contributed by atoms with Crippen LogP contribution in [0.15, 0.2) is 45.7 Å². The molecule has 2 aliphatic rings. The monoisotopic (exact) mass is 423 g/mol. The second-order valence-corrected chi connectivity index (χ2v) is 9.22. The average Bonchev–Trinajstić information content (AvgIpc) is 2.96. The zero-order chi connectivity index (χ0) is 20.1. The van der Waals surface area contributed by atoms with E-state index < -0.39 is 33.6 Å². The molecule has 0 bridgehead atoms. The number of anilines is 1. The molecule has 2 aromatic rings. The molecule has 4 rings (SSSR count). The largest absolute Gasteiger partial charge is 0.345 e. The lowest BCUT2D eigenvalue weighted by Gasteiger charge is -2.22. The molecule has 1 N–H and O–H groups in total. The van der Waals surface area contributed by atoms with Gasteiger partial charge in [0.2, 0.25) is 0 Å². The minimum Gasteiger partial charge on any atom is -0.345 e. The zero-order valence-corrected chi connectivity index (χ0v) is 16.3. The lowest BCUT2D eigenvalue weighted by molar-refractivity contribution is 0.0939. The van der Waals surface area contributed by atoms with E-state index in [1.165, 1.54) is 17.8 Å². The van der Waals surface area contributed by atoms with Gasteiger partial charge in [0.05, 0.1) is 17.5 Å². The molecule has 6 nitrogen and oxygen atoms in total. The van der Waals surface area contributed by atoms with Gasteiger partial charge in [-0.15, -0.1) is 4.40 Å². The summed E-state index contributed by atoms with van der Waals surface area (Å²) in [6.07, 6.45) is 0. The van der Waals surface area contributed by atoms with Crippen molar-refractivity contribution in [3.63, 3.8) is 0 Å². The number of amides is 1. The van der Waals surface area contributed by atoms with Gasteiger partial charge in [-0.2, -0.15) is 0 Å². The first-order valence-electron chi connectivity index (χ1n) is 8.41. The molecule has 2 heterocycles. The van der Waals surface area contributed by atoms with Crippen LogP contribution in [0.1, 0.15) is 28.9 Å². The molecule has 1 atom stereocenters. The minimum atomic E-state index is -3.45. The summed E-state index contributed by atoms with van der Waals surface area (Å²) in [7, 11) is -3.45. The van der Waals surface area contributed by atoms with E-state index in [2.05, 4.69) is 9.71 Å². The van der Waals surface area contributed by atoms with Crippen LogP contribution in [0.2, 0.25) is 0 Å². The Kier molecular flexibility index (Phi) is 4.62. The Morgan fingerprint density at radius 1 is 1.25 bits per heavy atom. The average molecular weight is 423 g/mol. The van der Waals surface area contributed by atoms with Crippen molar-refractivity contribution in [2.75, 3.05) is 17.2 Å². The molecule has 0 saturated carbocycles. The van der Waals surface area contributed by atoms with Gasteiger partial charge in [0.1, 0.15) is 11.6 Å². The summed E-state index contributed by atoms with van der Waals surface area (Å²) in [6, 6.07) is 7.55. The van der Waals surface area contributed by atoms with Crippen LogP contribution in [0.5, 0.6) is 0 Å². The maximum absolute atomic E-state index is 13.9. The van der Waals surface area contributed by atoms with E-state index in [0.717, 1.165) is 22.7 Å². The highest BCUT2D eigenvalue weighted by atomic mass is 32.2. The highest BCUT2D eigenvalue weighted by Gasteiger charge is 2.33. The maximum atomic E-state index is 13.9. The van der Waals surface area contributed by atoms with Gasteiger partial charge in [-0.3, -0.25) is 4.79 Å². The molecule has 0 spiro atoms. The second kappa shape index (κ2) is 6.85. The van der Waals surface area contributed by atoms with E-state index in [-0.39, 0.29) is 11.3 Å². The predicted molar refractivity (Wildman–Crippen MR) is 103 cm³/mol. The second-order valence-electron chi connectivity index (χ2n) is 6.46. The van der Waals surface area contributed by atoms with Crippen molar-refractivity contribution in [2.24, 2.45) is 4.40 Å². The van der Waals surface area contributed by atoms with Crippen molar-refractivity contribution in [1.82, 2.24) is 5.32 Å². The van der Waals surface area contributed by atoms with Crippen LogP contribution in [0.4, 0.5) is 14.5 Å². The summed E-state index contributed by atoms with van der Waals surface area (Å²) in [5.41, 5.74) is 1.33. The third-order valence-corrected chi connectivity index (χ3v) is 6.82. The third kappa shape index (κ3) is 3.49. The molecule has 146 valence electrons. The molecule has 1 amide bonds. The van der Waals surface area contributed by atoms with E-state index >= 15 is 0 Å². The van der Waals surface area contributed by atoms with Crippen LogP contribution in [0.25, 0.3) is 0 Å². The Labute approximate surface area is 164 Å². The predicted octanol–water partition coefficient (Wildman–Crippen LogP) is 3.07. The lowest BCUT2D eigenvalue weighted by Crippen LogP contribution is -2.35. The molecule has 0 fully saturated rings. The Morgan fingerprint density at radius 2 is 2.04 bits per heavy atom. The quantitative estimate of drug-likeness (QED) is 0.821. The zero-order valence-electron chi connectivity index (χ0n) is 14.6. The number of nitrogens with zero attached hydrogens (tertiary/aromatic N) is 2. The summed E-state index contributed by atoms with van der Waals surface area (Å²) in [6.45, 7) is 1.92. The molecule has 2 aromatic carbocycles. The fourth-order valence-electron chi connectivity index (χ4n) is 3.08. The fraction of sp³-hybridized carbons (Fsp3) is 0.222. The van der Waals surface area contributed by atoms with Crippen LogP contribution >= 0.6 is 11.8 Å². The lowest BCUT2D eigenvalue weighted by atomic mass is 10.1. The SMILES string of the molecule is CC(NC(=O)c1ccc2c(c1)SC1=NS(=O)(=O)CCN12)c1ccc(F)cc1F. The highest BCUT2D eigenvalue weighted by Crippen LogP contribution is 2.42. The maximum Gasteiger partial charge on any atom is 0.257 e. The number of carbonyl (C=O) groups excluding carboxylic acids is 1. The van der Waals surface area contributed by atoms with Gasteiger partial charge < -0.3 is 10.2 Å². The van der Waals surface area contributed by atoms with Crippen molar-refractivity contribution in [3.05, 3.63) is 59.2 Å². The molecule has 0 aromatic heterocycles. The first-order valence-corrected chi connectivity index (χ1v) is 10.8. The van der Waals surface area contributed by atoms with Crippen LogP contribution in [-0.2, 0) is 10.0 Å². The standard InChI is InChI=1S/C18H15F2N3O3S2/c1-10(13-4-3-12(19)9-14(13)20)21-17(24)11-2-5-15-16(8-11)27-18-22-28(25,26)7-6-23(15)18/h2-5,8-10H,6-7H2,1H3,(H,21,24). The van der Waals surface area contributed by atoms with E-state index in [1.54, 1.807) is 30.0 Å². The number of hydrogen-bond donors (Lipinski definition) is 1. The van der Waals surface area contributed by atoms with Gasteiger partial charge in [0, 0.05) is 28.6 Å². The van der Waals surface area contributed by atoms with Gasteiger partial charge in [-0.05, 0) is 43.0 Å². The van der Waals surface area contributed by atoms with Crippen molar-refractivity contribution in [1.29, 1.82) is 0 Å². The molecule has 28 heavy (non-hydrogen) atoms. The van der Waals surface area contributed by atoms with Gasteiger partial charge >= 0.3 is 0 Å². The number of rotatable bonds is 3. The number of amidine groups is 1. The number of benzene rings is 2. The molecule has 0 saturated heterocycles. The summed E-state index contributed by atoms with van der Waals surface area (Å²) in [5.74, 6) is -1.89. The number of nitrogens with one attached hydrogen (secondary N) is 1. The van der Waals surface area contributed by atoms with Gasteiger partial charge in [0.25, 0.3) is 15.9 Å². The van der Waals surface area contributed by atoms with Crippen molar-refractivity contribution in [2.45, 2.75) is 17.9 Å². The number of thioether (sulfide) groups is 1. The van der Waals surface area contributed by atoms with Crippen molar-refractivity contribution < 1.29 is 22.0 Å². The highest BCUT2D eigenvalue weighted by molar-refractivity contribution is 8.15. The van der Waals surface area contributed by atoms with Gasteiger partial charge in [-0.1, -0.05) is 6.07 Å². The van der Waals surface area contributed by atoms with E-state index in [9.17, 15) is 22.0 Å². The van der Waals surface area contributed by atoms with Gasteiger partial charge in [-0.25, -0.2) is 17.2 Å². The molecule has 1 unspecified atom stereocenters. The summed E-state index contributed by atoms with van der Waals surface area (Å²) in [4.78, 5) is 15.1. The van der Waals surface area contributed by atoms with Crippen LogP contribution < -0.4 is 10.2 Å². The molecular weight excluding hydrogens is 408 g/mol. The Balaban J connectivity index is 1.55. The fourth-order valence-corrected chi connectivity index (χ4v) is 5.38. The van der Waals surface area contributed by atoms with Crippen molar-refractivity contribution in [3.8, 4) is 0 Å². The Bertz CT molecular complexity index is 1120. The minimum absolute atomic E-state index is 0.0561. The van der Waals surface area contributed by atoms with Crippen LogP contribution in [0, 0.1) is 11.6 Å². The third-order valence-electron chi connectivity index (χ3n) is 4.51. The number of halogens is 2. The van der Waals surface area contributed by atoms with E-state index in [1.807, 2.05) is 0 Å². The van der Waals surface area contributed by atoms with Crippen LogP contribution in [0.3, 0.4) is 0 Å². The summed E-state index contributed by atoms with van der Waals surface area (Å²) < 4.78 is 54.1. The molecule has 10 heteroatoms. The van der Waals surface area contributed by atoms with Crippen molar-refractivity contribution >= 4 is 38.5 Å². The number of sulfonamides is 1. The number of hydrogen-bond acceptors (Lipinski definition) is 5. The smallest absolute Gasteiger partial charge is 0.257 e. The van der Waals surface area contributed by atoms with Crippen LogP contribution in [-0.4, -0.2) is 31.8 Å². The first-order chi connectivity index (χ1) is 13.2. The summed E-state index contributed by atoms with van der Waals surface area (Å²) >= 11 is 1.19. The molecule has 0 aliphatic carbocycles. The number of fused-ring (bicyclic) bond motifs is 3. The molecule has 0 radical (unpaired) electrons. The van der Waals surface area contributed by atoms with E-state index in [0.29, 0.717) is 17.3 Å². The normalized spacial score (nSPS) is 18.1. The topological polar surface area (TPSA) is 78.8 Å². The Morgan fingerprint density at radius 3 is 2.79 bits per heavy atom. The summed E-state index contributed by atoms with van der Waals surface area (Å²) in [5, 5.41) is 3.06. The number of carbonyl (C=O) groups is 1. The van der Waals surface area contributed by atoms with Gasteiger partial charge in [0.15, 0.2) is 5.17 Å². The van der Waals surface area contributed by atoms with E-state index in [4.69, 9.17) is 0 Å². The first kappa shape index (κ1) is 18.9. The Hall–Kier alpha value is -2.46. The molecular formula is C18H15F2N3O3S2.